The molecule has 4 nitrogen and oxygen atoms in total. The number of hydrogen-bond donors (Lipinski definition) is 1. The van der Waals surface area contributed by atoms with Crippen molar-refractivity contribution in [3.05, 3.63) is 22.7 Å². The van der Waals surface area contributed by atoms with Gasteiger partial charge in [-0.15, -0.1) is 0 Å². The van der Waals surface area contributed by atoms with Gasteiger partial charge in [0.25, 0.3) is 0 Å². The molecule has 1 aromatic rings. The first-order valence-electron chi connectivity index (χ1n) is 5.42. The molecule has 0 unspecified atom stereocenters. The molecule has 0 bridgehead atoms. The molecule has 1 N–H and O–H groups in total. The summed E-state index contributed by atoms with van der Waals surface area (Å²) in [6.45, 7) is 1.16. The fraction of sp³-hybridized carbons (Fsp3) is 0.417. The molecule has 0 atom stereocenters. The van der Waals surface area contributed by atoms with E-state index in [1.807, 2.05) is 0 Å². The Balaban J connectivity index is 2.00. The Bertz CT molecular complexity index is 494. The van der Waals surface area contributed by atoms with Crippen molar-refractivity contribution in [3.63, 3.8) is 0 Å². The first kappa shape index (κ1) is 10.7. The minimum atomic E-state index is -1.02. The summed E-state index contributed by atoms with van der Waals surface area (Å²) in [5, 5.41) is 9.23. The van der Waals surface area contributed by atoms with Gasteiger partial charge < -0.3 is 14.6 Å². The van der Waals surface area contributed by atoms with E-state index in [0.717, 1.165) is 12.8 Å². The summed E-state index contributed by atoms with van der Waals surface area (Å²) in [4.78, 5) is 10.9. The Morgan fingerprint density at radius 1 is 1.29 bits per heavy atom. The van der Waals surface area contributed by atoms with Crippen molar-refractivity contribution < 1.29 is 19.4 Å². The van der Waals surface area contributed by atoms with Gasteiger partial charge in [0.15, 0.2) is 11.5 Å². The lowest BCUT2D eigenvalue weighted by Crippen LogP contribution is -2.17. The Kier molecular flexibility index (Phi) is 2.23. The van der Waals surface area contributed by atoms with Crippen LogP contribution in [0.15, 0.2) is 12.1 Å². The SMILES string of the molecule is O=C(O)c1cc(Cl)c2c(c1)OCC1(CC1)CO2. The summed E-state index contributed by atoms with van der Waals surface area (Å²) in [6, 6.07) is 2.85. The third-order valence-electron chi connectivity index (χ3n) is 3.27. The summed E-state index contributed by atoms with van der Waals surface area (Å²) in [7, 11) is 0. The van der Waals surface area contributed by atoms with E-state index in [1.165, 1.54) is 12.1 Å². The van der Waals surface area contributed by atoms with Crippen molar-refractivity contribution in [2.45, 2.75) is 12.8 Å². The molecule has 3 rings (SSSR count). The highest BCUT2D eigenvalue weighted by Crippen LogP contribution is 2.50. The van der Waals surface area contributed by atoms with Crippen LogP contribution in [-0.2, 0) is 0 Å². The fourth-order valence-electron chi connectivity index (χ4n) is 1.90. The van der Waals surface area contributed by atoms with Crippen LogP contribution in [0.5, 0.6) is 11.5 Å². The number of fused-ring (bicyclic) bond motifs is 1. The minimum Gasteiger partial charge on any atom is -0.489 e. The fourth-order valence-corrected chi connectivity index (χ4v) is 2.17. The van der Waals surface area contributed by atoms with Gasteiger partial charge in [0, 0.05) is 5.41 Å². The van der Waals surface area contributed by atoms with Gasteiger partial charge in [-0.1, -0.05) is 11.6 Å². The van der Waals surface area contributed by atoms with Gasteiger partial charge in [-0.3, -0.25) is 0 Å². The van der Waals surface area contributed by atoms with E-state index in [1.54, 1.807) is 0 Å². The van der Waals surface area contributed by atoms with Crippen LogP contribution in [0.25, 0.3) is 0 Å². The largest absolute Gasteiger partial charge is 0.489 e. The molecule has 1 heterocycles. The standard InChI is InChI=1S/C12H11ClO4/c13-8-3-7(11(14)15)4-9-10(8)17-6-12(1-2-12)5-16-9/h3-4H,1-2,5-6H2,(H,14,15). The number of carboxylic acids is 1. The molecule has 5 heteroatoms. The maximum absolute atomic E-state index is 10.9. The Labute approximate surface area is 103 Å². The predicted octanol–water partition coefficient (Wildman–Crippen LogP) is 2.59. The zero-order chi connectivity index (χ0) is 12.0. The predicted molar refractivity (Wildman–Crippen MR) is 61.1 cm³/mol. The summed E-state index contributed by atoms with van der Waals surface area (Å²) in [5.74, 6) is -0.136. The second-order valence-corrected chi connectivity index (χ2v) is 5.08. The van der Waals surface area contributed by atoms with E-state index < -0.39 is 5.97 Å². The number of carbonyl (C=O) groups is 1. The van der Waals surface area contributed by atoms with Gasteiger partial charge >= 0.3 is 5.97 Å². The van der Waals surface area contributed by atoms with Gasteiger partial charge in [0.05, 0.1) is 23.8 Å². The van der Waals surface area contributed by atoms with Crippen molar-refractivity contribution >= 4 is 17.6 Å². The minimum absolute atomic E-state index is 0.115. The van der Waals surface area contributed by atoms with E-state index in [9.17, 15) is 4.79 Å². The zero-order valence-electron chi connectivity index (χ0n) is 9.03. The first-order valence-corrected chi connectivity index (χ1v) is 5.80. The first-order chi connectivity index (χ1) is 8.10. The third-order valence-corrected chi connectivity index (χ3v) is 3.55. The molecule has 1 fully saturated rings. The van der Waals surface area contributed by atoms with Crippen LogP contribution in [-0.4, -0.2) is 24.3 Å². The lowest BCUT2D eigenvalue weighted by atomic mass is 10.1. The molecule has 1 aliphatic carbocycles. The number of hydrogen-bond acceptors (Lipinski definition) is 3. The maximum atomic E-state index is 10.9. The second kappa shape index (κ2) is 3.53. The summed E-state index contributed by atoms with van der Waals surface area (Å²) >= 11 is 6.01. The van der Waals surface area contributed by atoms with Gasteiger partial charge in [-0.2, -0.15) is 0 Å². The number of carboxylic acid groups (broad SMARTS) is 1. The number of aromatic carboxylic acids is 1. The van der Waals surface area contributed by atoms with Crippen LogP contribution in [0.4, 0.5) is 0 Å². The van der Waals surface area contributed by atoms with Crippen LogP contribution in [0.3, 0.4) is 0 Å². The molecule has 90 valence electrons. The molecule has 2 aliphatic rings. The van der Waals surface area contributed by atoms with Gasteiger partial charge in [-0.05, 0) is 25.0 Å². The normalized spacial score (nSPS) is 19.8. The topological polar surface area (TPSA) is 55.8 Å². The van der Waals surface area contributed by atoms with Crippen LogP contribution < -0.4 is 9.47 Å². The highest BCUT2D eigenvalue weighted by molar-refractivity contribution is 6.32. The number of rotatable bonds is 1. The Morgan fingerprint density at radius 2 is 2.00 bits per heavy atom. The summed E-state index contributed by atoms with van der Waals surface area (Å²) < 4.78 is 11.3. The Morgan fingerprint density at radius 3 is 2.65 bits per heavy atom. The average Bonchev–Trinajstić information content (AvgIpc) is 3.07. The van der Waals surface area contributed by atoms with Crippen molar-refractivity contribution in [2.75, 3.05) is 13.2 Å². The molecule has 0 saturated heterocycles. The third kappa shape index (κ3) is 1.82. The molecule has 0 aromatic heterocycles. The van der Waals surface area contributed by atoms with E-state index in [2.05, 4.69) is 0 Å². The van der Waals surface area contributed by atoms with Gasteiger partial charge in [-0.25, -0.2) is 4.79 Å². The maximum Gasteiger partial charge on any atom is 0.335 e. The van der Waals surface area contributed by atoms with Crippen LogP contribution in [0, 0.1) is 5.41 Å². The van der Waals surface area contributed by atoms with Crippen molar-refractivity contribution in [2.24, 2.45) is 5.41 Å². The van der Waals surface area contributed by atoms with E-state index in [4.69, 9.17) is 26.2 Å². The summed E-state index contributed by atoms with van der Waals surface area (Å²) in [6.07, 6.45) is 2.18. The van der Waals surface area contributed by atoms with Crippen LogP contribution in [0.1, 0.15) is 23.2 Å². The zero-order valence-corrected chi connectivity index (χ0v) is 9.79. The quantitative estimate of drug-likeness (QED) is 0.837. The molecule has 0 radical (unpaired) electrons. The lowest BCUT2D eigenvalue weighted by molar-refractivity contribution is 0.0696. The molecule has 1 aromatic carbocycles. The second-order valence-electron chi connectivity index (χ2n) is 4.67. The van der Waals surface area contributed by atoms with Crippen molar-refractivity contribution in [1.82, 2.24) is 0 Å². The highest BCUT2D eigenvalue weighted by Gasteiger charge is 2.46. The Hall–Kier alpha value is -1.42. The molecular formula is C12H11ClO4. The molecule has 1 spiro atoms. The monoisotopic (exact) mass is 254 g/mol. The molecule has 17 heavy (non-hydrogen) atoms. The van der Waals surface area contributed by atoms with Crippen LogP contribution >= 0.6 is 11.6 Å². The number of halogens is 1. The average molecular weight is 255 g/mol. The van der Waals surface area contributed by atoms with Crippen molar-refractivity contribution in [3.8, 4) is 11.5 Å². The van der Waals surface area contributed by atoms with Gasteiger partial charge in [0.2, 0.25) is 0 Å². The smallest absolute Gasteiger partial charge is 0.335 e. The van der Waals surface area contributed by atoms with Crippen LogP contribution in [0.2, 0.25) is 5.02 Å². The number of ether oxygens (including phenoxy) is 2. The highest BCUT2D eigenvalue weighted by atomic mass is 35.5. The molecule has 0 amide bonds. The van der Waals surface area contributed by atoms with E-state index >= 15 is 0 Å². The van der Waals surface area contributed by atoms with Crippen molar-refractivity contribution in [1.29, 1.82) is 0 Å². The van der Waals surface area contributed by atoms with E-state index in [-0.39, 0.29) is 16.0 Å². The molecular weight excluding hydrogens is 244 g/mol. The molecule has 1 aliphatic heterocycles. The summed E-state index contributed by atoms with van der Waals surface area (Å²) in [5.41, 5.74) is 0.232. The van der Waals surface area contributed by atoms with Gasteiger partial charge in [0.1, 0.15) is 0 Å². The molecule has 1 saturated carbocycles. The lowest BCUT2D eigenvalue weighted by Gasteiger charge is -2.09. The van der Waals surface area contributed by atoms with E-state index in [0.29, 0.717) is 24.7 Å². The number of benzene rings is 1.